The minimum absolute atomic E-state index is 0.0379. The zero-order valence-corrected chi connectivity index (χ0v) is 19.1. The summed E-state index contributed by atoms with van der Waals surface area (Å²) in [6.07, 6.45) is 1.81. The lowest BCUT2D eigenvalue weighted by molar-refractivity contribution is 0.0712. The Bertz CT molecular complexity index is 1350. The van der Waals surface area contributed by atoms with E-state index in [4.69, 9.17) is 0 Å². The van der Waals surface area contributed by atoms with Crippen LogP contribution in [0.5, 0.6) is 0 Å². The number of fused-ring (bicyclic) bond motifs is 1. The number of nitrogens with zero attached hydrogens (tertiary/aromatic N) is 1. The van der Waals surface area contributed by atoms with Gasteiger partial charge in [0, 0.05) is 35.8 Å². The summed E-state index contributed by atoms with van der Waals surface area (Å²) < 4.78 is 25.4. The molecule has 1 amide bonds. The van der Waals surface area contributed by atoms with E-state index in [9.17, 15) is 13.2 Å². The lowest BCUT2D eigenvalue weighted by atomic mass is 9.93. The van der Waals surface area contributed by atoms with Crippen LogP contribution in [0.1, 0.15) is 40.4 Å². The Labute approximate surface area is 194 Å². The van der Waals surface area contributed by atoms with Crippen LogP contribution in [-0.4, -0.2) is 37.3 Å². The fraction of sp³-hybridized carbons (Fsp3) is 0.222. The normalized spacial score (nSPS) is 15.1. The molecule has 0 bridgehead atoms. The predicted octanol–water partition coefficient (Wildman–Crippen LogP) is 5.16. The van der Waals surface area contributed by atoms with Gasteiger partial charge in [-0.2, -0.15) is 0 Å². The summed E-state index contributed by atoms with van der Waals surface area (Å²) in [6, 6.07) is 25.9. The molecule has 0 spiro atoms. The molecular formula is C27H26N2O3S. The molecular weight excluding hydrogens is 432 g/mol. The Morgan fingerprint density at radius 2 is 1.61 bits per heavy atom. The number of amides is 1. The SMILES string of the molecule is O=C(c1cccc(CS(=O)(=O)c2ccccc2)c1)N1CCC(c2cc3ccccc3[nH]2)CC1. The van der Waals surface area contributed by atoms with Crippen molar-refractivity contribution in [2.24, 2.45) is 0 Å². The molecule has 0 atom stereocenters. The van der Waals surface area contributed by atoms with Crippen LogP contribution in [0.4, 0.5) is 0 Å². The first kappa shape index (κ1) is 21.5. The smallest absolute Gasteiger partial charge is 0.253 e. The molecule has 0 unspecified atom stereocenters. The van der Waals surface area contributed by atoms with Gasteiger partial charge in [-0.15, -0.1) is 0 Å². The number of carbonyl (C=O) groups excluding carboxylic acids is 1. The lowest BCUT2D eigenvalue weighted by Gasteiger charge is -2.31. The highest BCUT2D eigenvalue weighted by Crippen LogP contribution is 2.30. The molecule has 0 saturated carbocycles. The minimum atomic E-state index is -3.46. The average Bonchev–Trinajstić information content (AvgIpc) is 3.29. The first-order valence-electron chi connectivity index (χ1n) is 11.2. The molecule has 0 aliphatic carbocycles. The number of likely N-dealkylation sites (tertiary alicyclic amines) is 1. The molecule has 1 aliphatic heterocycles. The van der Waals surface area contributed by atoms with Crippen LogP contribution in [0, 0.1) is 0 Å². The second-order valence-corrected chi connectivity index (χ2v) is 10.6. The van der Waals surface area contributed by atoms with Crippen LogP contribution in [0.25, 0.3) is 10.9 Å². The number of sulfone groups is 1. The van der Waals surface area contributed by atoms with Crippen LogP contribution in [-0.2, 0) is 15.6 Å². The van der Waals surface area contributed by atoms with Crippen LogP contribution in [0.2, 0.25) is 0 Å². The standard InChI is InChI=1S/C27H26N2O3S/c30-27(23-9-6-7-20(17-23)19-33(31,32)24-10-2-1-3-11-24)29-15-13-21(14-16-29)26-18-22-8-4-5-12-25(22)28-26/h1-12,17-18,21,28H,13-16,19H2. The summed E-state index contributed by atoms with van der Waals surface area (Å²) in [6.45, 7) is 1.37. The van der Waals surface area contributed by atoms with E-state index in [1.807, 2.05) is 17.0 Å². The van der Waals surface area contributed by atoms with E-state index in [-0.39, 0.29) is 11.7 Å². The summed E-state index contributed by atoms with van der Waals surface area (Å²) >= 11 is 0. The third kappa shape index (κ3) is 4.57. The molecule has 1 saturated heterocycles. The van der Waals surface area contributed by atoms with Gasteiger partial charge in [0.15, 0.2) is 9.84 Å². The summed E-state index contributed by atoms with van der Waals surface area (Å²) in [5.74, 6) is 0.244. The fourth-order valence-electron chi connectivity index (χ4n) is 4.62. The summed E-state index contributed by atoms with van der Waals surface area (Å²) in [5, 5.41) is 1.22. The van der Waals surface area contributed by atoms with Crippen molar-refractivity contribution in [3.8, 4) is 0 Å². The van der Waals surface area contributed by atoms with E-state index < -0.39 is 9.84 Å². The molecule has 33 heavy (non-hydrogen) atoms. The fourth-order valence-corrected chi connectivity index (χ4v) is 5.97. The number of aromatic nitrogens is 1. The van der Waals surface area contributed by atoms with E-state index >= 15 is 0 Å². The lowest BCUT2D eigenvalue weighted by Crippen LogP contribution is -2.38. The summed E-state index contributed by atoms with van der Waals surface area (Å²) in [5.41, 5.74) is 3.54. The predicted molar refractivity (Wildman–Crippen MR) is 130 cm³/mol. The average molecular weight is 459 g/mol. The highest BCUT2D eigenvalue weighted by Gasteiger charge is 2.26. The highest BCUT2D eigenvalue weighted by molar-refractivity contribution is 7.90. The molecule has 3 aromatic carbocycles. The minimum Gasteiger partial charge on any atom is -0.358 e. The van der Waals surface area contributed by atoms with Crippen LogP contribution in [0.15, 0.2) is 89.8 Å². The Hall–Kier alpha value is -3.38. The molecule has 1 N–H and O–H groups in total. The number of para-hydroxylation sites is 1. The first-order chi connectivity index (χ1) is 16.0. The zero-order valence-electron chi connectivity index (χ0n) is 18.3. The third-order valence-corrected chi connectivity index (χ3v) is 8.11. The van der Waals surface area contributed by atoms with Gasteiger partial charge in [-0.25, -0.2) is 8.42 Å². The number of aromatic amines is 1. The molecule has 1 aliphatic rings. The number of benzene rings is 3. The van der Waals surface area contributed by atoms with E-state index in [1.54, 1.807) is 54.6 Å². The van der Waals surface area contributed by atoms with E-state index in [0.717, 1.165) is 18.4 Å². The number of hydrogen-bond donors (Lipinski definition) is 1. The molecule has 6 heteroatoms. The maximum absolute atomic E-state index is 13.1. The number of piperidine rings is 1. The van der Waals surface area contributed by atoms with E-state index in [2.05, 4.69) is 23.2 Å². The van der Waals surface area contributed by atoms with E-state index in [0.29, 0.717) is 35.0 Å². The quantitative estimate of drug-likeness (QED) is 0.449. The maximum atomic E-state index is 13.1. The molecule has 1 fully saturated rings. The van der Waals surface area contributed by atoms with Crippen molar-refractivity contribution < 1.29 is 13.2 Å². The molecule has 5 rings (SSSR count). The molecule has 168 valence electrons. The number of nitrogens with one attached hydrogen (secondary N) is 1. The van der Waals surface area contributed by atoms with Crippen molar-refractivity contribution in [1.82, 2.24) is 9.88 Å². The maximum Gasteiger partial charge on any atom is 0.253 e. The Balaban J connectivity index is 1.26. The van der Waals surface area contributed by atoms with Crippen molar-refractivity contribution >= 4 is 26.6 Å². The van der Waals surface area contributed by atoms with Gasteiger partial charge in [-0.05, 0) is 60.2 Å². The van der Waals surface area contributed by atoms with Gasteiger partial charge in [0.2, 0.25) is 0 Å². The zero-order chi connectivity index (χ0) is 22.8. The van der Waals surface area contributed by atoms with Gasteiger partial charge in [-0.1, -0.05) is 48.5 Å². The van der Waals surface area contributed by atoms with Crippen molar-refractivity contribution in [2.75, 3.05) is 13.1 Å². The summed E-state index contributed by atoms with van der Waals surface area (Å²) in [7, 11) is -3.46. The monoisotopic (exact) mass is 458 g/mol. The number of H-pyrrole nitrogens is 1. The van der Waals surface area contributed by atoms with Gasteiger partial charge in [0.1, 0.15) is 0 Å². The molecule has 5 nitrogen and oxygen atoms in total. The largest absolute Gasteiger partial charge is 0.358 e. The Morgan fingerprint density at radius 1 is 0.879 bits per heavy atom. The Morgan fingerprint density at radius 3 is 2.36 bits per heavy atom. The van der Waals surface area contributed by atoms with Crippen molar-refractivity contribution in [3.63, 3.8) is 0 Å². The second-order valence-electron chi connectivity index (χ2n) is 8.65. The first-order valence-corrected chi connectivity index (χ1v) is 12.9. The van der Waals surface area contributed by atoms with Crippen LogP contribution in [0.3, 0.4) is 0 Å². The Kier molecular flexibility index (Phi) is 5.77. The van der Waals surface area contributed by atoms with Gasteiger partial charge >= 0.3 is 0 Å². The second kappa shape index (κ2) is 8.87. The number of hydrogen-bond acceptors (Lipinski definition) is 3. The van der Waals surface area contributed by atoms with Gasteiger partial charge < -0.3 is 9.88 Å². The number of rotatable bonds is 5. The van der Waals surface area contributed by atoms with Gasteiger partial charge in [0.25, 0.3) is 5.91 Å². The van der Waals surface area contributed by atoms with Crippen LogP contribution < -0.4 is 0 Å². The van der Waals surface area contributed by atoms with Gasteiger partial charge in [-0.3, -0.25) is 4.79 Å². The third-order valence-electron chi connectivity index (χ3n) is 6.41. The topological polar surface area (TPSA) is 70.2 Å². The highest BCUT2D eigenvalue weighted by atomic mass is 32.2. The van der Waals surface area contributed by atoms with Crippen molar-refractivity contribution in [1.29, 1.82) is 0 Å². The summed E-state index contributed by atoms with van der Waals surface area (Å²) in [4.78, 5) is 18.8. The van der Waals surface area contributed by atoms with Gasteiger partial charge in [0.05, 0.1) is 10.6 Å². The van der Waals surface area contributed by atoms with E-state index in [1.165, 1.54) is 11.1 Å². The molecule has 4 aromatic rings. The number of carbonyl (C=O) groups is 1. The molecule has 2 heterocycles. The molecule has 0 radical (unpaired) electrons. The van der Waals surface area contributed by atoms with Crippen LogP contribution >= 0.6 is 0 Å². The van der Waals surface area contributed by atoms with Crippen molar-refractivity contribution in [2.45, 2.75) is 29.4 Å². The molecule has 1 aromatic heterocycles. The van der Waals surface area contributed by atoms with Crippen molar-refractivity contribution in [3.05, 3.63) is 102 Å².